The number of nitrogens with zero attached hydrogens (tertiary/aromatic N) is 2. The number of aromatic nitrogens is 1. The second kappa shape index (κ2) is 10.4. The van der Waals surface area contributed by atoms with Crippen molar-refractivity contribution in [3.8, 4) is 5.88 Å². The molecule has 2 aliphatic rings. The van der Waals surface area contributed by atoms with Gasteiger partial charge in [-0.1, -0.05) is 13.8 Å². The number of amides is 1. The summed E-state index contributed by atoms with van der Waals surface area (Å²) in [4.78, 5) is 31.7. The fraction of sp³-hybridized carbons (Fsp3) is 0.682. The van der Waals surface area contributed by atoms with Crippen LogP contribution in [0.4, 0.5) is 10.1 Å². The van der Waals surface area contributed by atoms with Crippen LogP contribution in [0.3, 0.4) is 0 Å². The van der Waals surface area contributed by atoms with Gasteiger partial charge in [-0.25, -0.2) is 14.2 Å². The van der Waals surface area contributed by atoms with Gasteiger partial charge in [0, 0.05) is 26.8 Å². The van der Waals surface area contributed by atoms with Gasteiger partial charge in [0.25, 0.3) is 5.91 Å². The van der Waals surface area contributed by atoms with E-state index in [9.17, 15) is 19.1 Å². The molecule has 0 spiro atoms. The number of rotatable bonds is 12. The van der Waals surface area contributed by atoms with Gasteiger partial charge in [0.15, 0.2) is 0 Å². The molecule has 3 rings (SSSR count). The standard InChI is InChI=1S/C22H32FN3O6/c1-4-22(5-2,21(29)32-13-23)25-19(28)17-6-7-18(26-9-16(10-26)30-3)20(24-17)31-12-15-8-14(15)11-27/h6-7,14-16,27H,4-5,8-13H2,1-3H3,(H,25,28)/t14-,15+/m1/s1. The Bertz CT molecular complexity index is 813. The molecule has 32 heavy (non-hydrogen) atoms. The van der Waals surface area contributed by atoms with Crippen LogP contribution < -0.4 is 15.0 Å². The average Bonchev–Trinajstić information content (AvgIpc) is 3.54. The number of carbonyl (C=O) groups excluding carboxylic acids is 2. The molecule has 0 unspecified atom stereocenters. The van der Waals surface area contributed by atoms with Crippen molar-refractivity contribution in [2.24, 2.45) is 11.8 Å². The number of methoxy groups -OCH3 is 1. The molecular formula is C22H32FN3O6. The Hall–Kier alpha value is -2.46. The number of anilines is 1. The van der Waals surface area contributed by atoms with Crippen molar-refractivity contribution in [2.75, 3.05) is 45.2 Å². The van der Waals surface area contributed by atoms with Crippen molar-refractivity contribution < 1.29 is 33.3 Å². The fourth-order valence-electron chi connectivity index (χ4n) is 3.85. The van der Waals surface area contributed by atoms with Crippen LogP contribution in [0.25, 0.3) is 0 Å². The lowest BCUT2D eigenvalue weighted by Crippen LogP contribution is -2.54. The zero-order valence-corrected chi connectivity index (χ0v) is 18.8. The Kier molecular flexibility index (Phi) is 7.89. The highest BCUT2D eigenvalue weighted by Gasteiger charge is 2.40. The molecular weight excluding hydrogens is 421 g/mol. The lowest BCUT2D eigenvalue weighted by Gasteiger charge is -2.40. The molecule has 1 aromatic rings. The normalized spacial score (nSPS) is 20.5. The average molecular weight is 454 g/mol. The minimum Gasteiger partial charge on any atom is -0.476 e. The van der Waals surface area contributed by atoms with E-state index in [1.807, 2.05) is 0 Å². The van der Waals surface area contributed by atoms with E-state index in [-0.39, 0.29) is 43.1 Å². The highest BCUT2D eigenvalue weighted by atomic mass is 19.1. The molecule has 9 nitrogen and oxygen atoms in total. The predicted octanol–water partition coefficient (Wildman–Crippen LogP) is 1.68. The van der Waals surface area contributed by atoms with Gasteiger partial charge in [0.2, 0.25) is 12.7 Å². The first kappa shape index (κ1) is 24.2. The van der Waals surface area contributed by atoms with Crippen molar-refractivity contribution in [1.29, 1.82) is 0 Å². The van der Waals surface area contributed by atoms with E-state index in [1.165, 1.54) is 0 Å². The maximum absolute atomic E-state index is 13.0. The van der Waals surface area contributed by atoms with Crippen molar-refractivity contribution >= 4 is 17.6 Å². The third-order valence-electron chi connectivity index (χ3n) is 6.47. The molecule has 0 aromatic carbocycles. The number of hydrogen-bond donors (Lipinski definition) is 2. The number of halogens is 1. The van der Waals surface area contributed by atoms with Crippen LogP contribution in [0.2, 0.25) is 0 Å². The number of aliphatic hydroxyl groups excluding tert-OH is 1. The number of carbonyl (C=O) groups is 2. The van der Waals surface area contributed by atoms with Gasteiger partial charge >= 0.3 is 5.97 Å². The van der Waals surface area contributed by atoms with Gasteiger partial charge < -0.3 is 29.5 Å². The summed E-state index contributed by atoms with van der Waals surface area (Å²) in [6.45, 7) is 4.09. The van der Waals surface area contributed by atoms with Gasteiger partial charge in [0.05, 0.1) is 12.7 Å². The topological polar surface area (TPSA) is 110 Å². The van der Waals surface area contributed by atoms with Crippen LogP contribution in [0.15, 0.2) is 12.1 Å². The molecule has 1 aromatic heterocycles. The summed E-state index contributed by atoms with van der Waals surface area (Å²) in [5.41, 5.74) is -0.498. The van der Waals surface area contributed by atoms with E-state index in [0.717, 1.165) is 12.1 Å². The number of hydrogen-bond acceptors (Lipinski definition) is 8. The molecule has 2 fully saturated rings. The minimum atomic E-state index is -1.34. The van der Waals surface area contributed by atoms with Crippen molar-refractivity contribution in [3.05, 3.63) is 17.8 Å². The van der Waals surface area contributed by atoms with E-state index < -0.39 is 24.3 Å². The zero-order chi connectivity index (χ0) is 23.3. The Morgan fingerprint density at radius 3 is 2.56 bits per heavy atom. The summed E-state index contributed by atoms with van der Waals surface area (Å²) >= 11 is 0. The maximum atomic E-state index is 13.0. The van der Waals surface area contributed by atoms with E-state index in [4.69, 9.17) is 9.47 Å². The van der Waals surface area contributed by atoms with Gasteiger partial charge in [-0.05, 0) is 43.2 Å². The first-order valence-corrected chi connectivity index (χ1v) is 11.0. The van der Waals surface area contributed by atoms with Gasteiger partial charge in [0.1, 0.15) is 16.9 Å². The second-order valence-corrected chi connectivity index (χ2v) is 8.32. The molecule has 1 aliphatic carbocycles. The monoisotopic (exact) mass is 453 g/mol. The molecule has 0 radical (unpaired) electrons. The van der Waals surface area contributed by atoms with Crippen LogP contribution in [0.5, 0.6) is 5.88 Å². The first-order valence-electron chi connectivity index (χ1n) is 11.0. The molecule has 2 atom stereocenters. The highest BCUT2D eigenvalue weighted by Crippen LogP contribution is 2.39. The van der Waals surface area contributed by atoms with Crippen molar-refractivity contribution in [1.82, 2.24) is 10.3 Å². The van der Waals surface area contributed by atoms with E-state index in [0.29, 0.717) is 25.6 Å². The smallest absolute Gasteiger partial charge is 0.334 e. The third kappa shape index (κ3) is 5.12. The molecule has 1 amide bonds. The second-order valence-electron chi connectivity index (χ2n) is 8.32. The van der Waals surface area contributed by atoms with Crippen LogP contribution in [-0.4, -0.2) is 73.9 Å². The Morgan fingerprint density at radius 1 is 1.28 bits per heavy atom. The quantitative estimate of drug-likeness (QED) is 0.460. The summed E-state index contributed by atoms with van der Waals surface area (Å²) in [5, 5.41) is 11.9. The number of alkyl halides is 1. The van der Waals surface area contributed by atoms with E-state index >= 15 is 0 Å². The Balaban J connectivity index is 1.78. The SMILES string of the molecule is CCC(CC)(NC(=O)c1ccc(N2CC(OC)C2)c(OC[C@@H]2C[C@@H]2CO)n1)C(=O)OCF. The lowest BCUT2D eigenvalue weighted by molar-refractivity contribution is -0.155. The molecule has 178 valence electrons. The summed E-state index contributed by atoms with van der Waals surface area (Å²) in [7, 11) is 1.66. The number of aliphatic hydroxyl groups is 1. The summed E-state index contributed by atoms with van der Waals surface area (Å²) in [6, 6.07) is 3.33. The lowest BCUT2D eigenvalue weighted by atomic mass is 9.92. The highest BCUT2D eigenvalue weighted by molar-refractivity contribution is 5.97. The van der Waals surface area contributed by atoms with E-state index in [1.54, 1.807) is 33.1 Å². The van der Waals surface area contributed by atoms with Gasteiger partial charge in [-0.3, -0.25) is 4.79 Å². The van der Waals surface area contributed by atoms with Crippen LogP contribution in [-0.2, 0) is 14.3 Å². The maximum Gasteiger partial charge on any atom is 0.334 e. The molecule has 1 aliphatic heterocycles. The molecule has 1 saturated heterocycles. The summed E-state index contributed by atoms with van der Waals surface area (Å²) in [6.07, 6.45) is 1.51. The number of esters is 1. The van der Waals surface area contributed by atoms with Crippen LogP contribution in [0.1, 0.15) is 43.6 Å². The first-order chi connectivity index (χ1) is 15.4. The number of ether oxygens (including phenoxy) is 3. The molecule has 1 saturated carbocycles. The van der Waals surface area contributed by atoms with Crippen molar-refractivity contribution in [2.45, 2.75) is 44.8 Å². The molecule has 0 bridgehead atoms. The largest absolute Gasteiger partial charge is 0.476 e. The number of nitrogens with one attached hydrogen (secondary N) is 1. The predicted molar refractivity (Wildman–Crippen MR) is 114 cm³/mol. The molecule has 2 heterocycles. The summed E-state index contributed by atoms with van der Waals surface area (Å²) < 4.78 is 28.4. The van der Waals surface area contributed by atoms with Gasteiger partial charge in [-0.2, -0.15) is 0 Å². The Morgan fingerprint density at radius 2 is 2.00 bits per heavy atom. The van der Waals surface area contributed by atoms with E-state index in [2.05, 4.69) is 19.9 Å². The summed E-state index contributed by atoms with van der Waals surface area (Å²) in [5.74, 6) is -0.567. The van der Waals surface area contributed by atoms with Crippen LogP contribution >= 0.6 is 0 Å². The van der Waals surface area contributed by atoms with Crippen molar-refractivity contribution in [3.63, 3.8) is 0 Å². The van der Waals surface area contributed by atoms with Gasteiger partial charge in [-0.15, -0.1) is 0 Å². The van der Waals surface area contributed by atoms with Crippen LogP contribution in [0, 0.1) is 11.8 Å². The molecule has 10 heteroatoms. The minimum absolute atomic E-state index is 0.0846. The Labute approximate surface area is 187 Å². The zero-order valence-electron chi connectivity index (χ0n) is 18.8. The third-order valence-corrected chi connectivity index (χ3v) is 6.47. The molecule has 2 N–H and O–H groups in total. The fourth-order valence-corrected chi connectivity index (χ4v) is 3.85. The number of pyridine rings is 1.